The first-order valence-corrected chi connectivity index (χ1v) is 5.88. The molecule has 1 heterocycles. The van der Waals surface area contributed by atoms with Crippen LogP contribution in [0.4, 0.5) is 15.9 Å². The Hall–Kier alpha value is -1.49. The number of hydrogen-bond donors (Lipinski definition) is 1. The largest absolute Gasteiger partial charge is 0.340 e. The van der Waals surface area contributed by atoms with Gasteiger partial charge in [-0.15, -0.1) is 0 Å². The van der Waals surface area contributed by atoms with E-state index in [1.54, 1.807) is 25.1 Å². The molecule has 0 aliphatic carbocycles. The molecule has 0 amide bonds. The Bertz CT molecular complexity index is 537. The van der Waals surface area contributed by atoms with E-state index in [9.17, 15) is 4.39 Å². The van der Waals surface area contributed by atoms with Crippen LogP contribution in [-0.4, -0.2) is 9.97 Å². The number of benzene rings is 1. The molecule has 3 nitrogen and oxygen atoms in total. The van der Waals surface area contributed by atoms with Crippen molar-refractivity contribution < 1.29 is 4.39 Å². The highest BCUT2D eigenvalue weighted by Gasteiger charge is 2.02. The summed E-state index contributed by atoms with van der Waals surface area (Å²) in [6, 6.07) is 6.61. The Labute approximate surface area is 107 Å². The fraction of sp³-hybridized carbons (Fsp3) is 0.167. The molecule has 0 spiro atoms. The molecule has 1 aromatic heterocycles. The van der Waals surface area contributed by atoms with Crippen LogP contribution in [-0.2, 0) is 0 Å². The predicted molar refractivity (Wildman–Crippen MR) is 68.9 cm³/mol. The third-order valence-corrected chi connectivity index (χ3v) is 2.64. The molecule has 0 saturated carbocycles. The summed E-state index contributed by atoms with van der Waals surface area (Å²) in [6.45, 7) is 3.54. The van der Waals surface area contributed by atoms with Crippen LogP contribution in [0.2, 0.25) is 0 Å². The summed E-state index contributed by atoms with van der Waals surface area (Å²) in [4.78, 5) is 8.35. The average Bonchev–Trinajstić information content (AvgIpc) is 2.22. The summed E-state index contributed by atoms with van der Waals surface area (Å²) in [5.41, 5.74) is 1.40. The van der Waals surface area contributed by atoms with Crippen molar-refractivity contribution in [3.8, 4) is 0 Å². The maximum Gasteiger partial charge on any atom is 0.135 e. The van der Waals surface area contributed by atoms with Crippen molar-refractivity contribution in [2.75, 3.05) is 5.32 Å². The second-order valence-corrected chi connectivity index (χ2v) is 4.52. The van der Waals surface area contributed by atoms with E-state index in [0.717, 1.165) is 5.69 Å². The van der Waals surface area contributed by atoms with Crippen molar-refractivity contribution in [1.82, 2.24) is 9.97 Å². The Morgan fingerprint density at radius 3 is 2.59 bits per heavy atom. The fourth-order valence-corrected chi connectivity index (χ4v) is 1.94. The van der Waals surface area contributed by atoms with Crippen molar-refractivity contribution in [3.05, 3.63) is 46.1 Å². The zero-order valence-electron chi connectivity index (χ0n) is 9.46. The molecule has 0 fully saturated rings. The van der Waals surface area contributed by atoms with Crippen LogP contribution < -0.4 is 5.32 Å². The molecule has 1 N–H and O–H groups in total. The molecule has 2 rings (SSSR count). The second-order valence-electron chi connectivity index (χ2n) is 3.71. The monoisotopic (exact) mass is 295 g/mol. The van der Waals surface area contributed by atoms with Gasteiger partial charge < -0.3 is 5.32 Å². The van der Waals surface area contributed by atoms with E-state index in [2.05, 4.69) is 31.2 Å². The van der Waals surface area contributed by atoms with Crippen LogP contribution in [0.1, 0.15) is 11.4 Å². The standard InChI is InChI=1S/C12H11BrFN3/c1-7-5-9(3-4-10(7)14)17-12-6-11(13)15-8(2)16-12/h3-6H,1-2H3,(H,15,16,17). The summed E-state index contributed by atoms with van der Waals surface area (Å²) in [6.07, 6.45) is 0. The molecule has 0 saturated heterocycles. The number of hydrogen-bond acceptors (Lipinski definition) is 3. The maximum absolute atomic E-state index is 13.1. The van der Waals surface area contributed by atoms with Crippen molar-refractivity contribution in [2.24, 2.45) is 0 Å². The molecular formula is C12H11BrFN3. The van der Waals surface area contributed by atoms with Gasteiger partial charge in [0.2, 0.25) is 0 Å². The zero-order valence-corrected chi connectivity index (χ0v) is 11.0. The Balaban J connectivity index is 2.28. The van der Waals surface area contributed by atoms with Crippen molar-refractivity contribution in [1.29, 1.82) is 0 Å². The lowest BCUT2D eigenvalue weighted by Crippen LogP contribution is -1.98. The number of aryl methyl sites for hydroxylation is 2. The molecule has 88 valence electrons. The molecule has 2 aromatic rings. The van der Waals surface area contributed by atoms with Gasteiger partial charge >= 0.3 is 0 Å². The van der Waals surface area contributed by atoms with E-state index >= 15 is 0 Å². The number of rotatable bonds is 2. The van der Waals surface area contributed by atoms with E-state index in [-0.39, 0.29) is 5.82 Å². The van der Waals surface area contributed by atoms with E-state index < -0.39 is 0 Å². The van der Waals surface area contributed by atoms with Gasteiger partial charge in [0.15, 0.2) is 0 Å². The van der Waals surface area contributed by atoms with E-state index in [4.69, 9.17) is 0 Å². The molecule has 0 aliphatic rings. The molecular weight excluding hydrogens is 285 g/mol. The minimum Gasteiger partial charge on any atom is -0.340 e. The number of halogens is 2. The number of nitrogens with zero attached hydrogens (tertiary/aromatic N) is 2. The van der Waals surface area contributed by atoms with Gasteiger partial charge in [0, 0.05) is 11.8 Å². The molecule has 0 bridgehead atoms. The highest BCUT2D eigenvalue weighted by atomic mass is 79.9. The number of aromatic nitrogens is 2. The van der Waals surface area contributed by atoms with Crippen LogP contribution in [0.3, 0.4) is 0 Å². The average molecular weight is 296 g/mol. The summed E-state index contributed by atoms with van der Waals surface area (Å²) >= 11 is 3.30. The first kappa shape index (κ1) is 12.0. The predicted octanol–water partition coefficient (Wildman–Crippen LogP) is 3.74. The summed E-state index contributed by atoms with van der Waals surface area (Å²) in [5.74, 6) is 1.13. The highest BCUT2D eigenvalue weighted by Crippen LogP contribution is 2.19. The number of nitrogens with one attached hydrogen (secondary N) is 1. The maximum atomic E-state index is 13.1. The summed E-state index contributed by atoms with van der Waals surface area (Å²) in [5, 5.41) is 3.11. The smallest absolute Gasteiger partial charge is 0.135 e. The minimum atomic E-state index is -0.212. The molecule has 0 unspecified atom stereocenters. The van der Waals surface area contributed by atoms with Gasteiger partial charge in [0.25, 0.3) is 0 Å². The van der Waals surface area contributed by atoms with E-state index in [1.165, 1.54) is 6.07 Å². The Morgan fingerprint density at radius 2 is 1.94 bits per heavy atom. The fourth-order valence-electron chi connectivity index (χ4n) is 1.47. The lowest BCUT2D eigenvalue weighted by Gasteiger charge is -2.07. The number of anilines is 2. The SMILES string of the molecule is Cc1nc(Br)cc(Nc2ccc(F)c(C)c2)n1. The zero-order chi connectivity index (χ0) is 12.4. The second kappa shape index (κ2) is 4.79. The normalized spacial score (nSPS) is 10.4. The van der Waals surface area contributed by atoms with Crippen molar-refractivity contribution in [2.45, 2.75) is 13.8 Å². The third-order valence-electron chi connectivity index (χ3n) is 2.24. The van der Waals surface area contributed by atoms with E-state index in [1.807, 2.05) is 6.92 Å². The van der Waals surface area contributed by atoms with Crippen LogP contribution in [0.5, 0.6) is 0 Å². The molecule has 17 heavy (non-hydrogen) atoms. The van der Waals surface area contributed by atoms with Crippen LogP contribution in [0.25, 0.3) is 0 Å². The Kier molecular flexibility index (Phi) is 3.38. The van der Waals surface area contributed by atoms with Gasteiger partial charge in [-0.25, -0.2) is 14.4 Å². The van der Waals surface area contributed by atoms with Gasteiger partial charge in [-0.2, -0.15) is 0 Å². The molecule has 0 radical (unpaired) electrons. The third kappa shape index (κ3) is 3.00. The van der Waals surface area contributed by atoms with Crippen molar-refractivity contribution in [3.63, 3.8) is 0 Å². The van der Waals surface area contributed by atoms with Crippen LogP contribution in [0, 0.1) is 19.7 Å². The lowest BCUT2D eigenvalue weighted by molar-refractivity contribution is 0.619. The van der Waals surface area contributed by atoms with Gasteiger partial charge in [-0.05, 0) is 53.5 Å². The summed E-state index contributed by atoms with van der Waals surface area (Å²) < 4.78 is 13.8. The highest BCUT2D eigenvalue weighted by molar-refractivity contribution is 9.10. The first-order valence-electron chi connectivity index (χ1n) is 5.09. The van der Waals surface area contributed by atoms with Crippen LogP contribution >= 0.6 is 15.9 Å². The molecule has 1 aromatic carbocycles. The Morgan fingerprint density at radius 1 is 1.18 bits per heavy atom. The molecule has 0 atom stereocenters. The molecule has 5 heteroatoms. The quantitative estimate of drug-likeness (QED) is 0.858. The van der Waals surface area contributed by atoms with Crippen LogP contribution in [0.15, 0.2) is 28.9 Å². The van der Waals surface area contributed by atoms with Gasteiger partial charge in [-0.3, -0.25) is 0 Å². The van der Waals surface area contributed by atoms with E-state index in [0.29, 0.717) is 21.8 Å². The molecule has 0 aliphatic heterocycles. The van der Waals surface area contributed by atoms with Gasteiger partial charge in [0.05, 0.1) is 0 Å². The minimum absolute atomic E-state index is 0.212. The van der Waals surface area contributed by atoms with Gasteiger partial charge in [0.1, 0.15) is 22.1 Å². The topological polar surface area (TPSA) is 37.8 Å². The summed E-state index contributed by atoms with van der Waals surface area (Å²) in [7, 11) is 0. The van der Waals surface area contributed by atoms with Gasteiger partial charge in [-0.1, -0.05) is 0 Å². The van der Waals surface area contributed by atoms with Crippen molar-refractivity contribution >= 4 is 27.4 Å². The first-order chi connectivity index (χ1) is 8.04. The lowest BCUT2D eigenvalue weighted by atomic mass is 10.2.